The molecule has 0 bridgehead atoms. The maximum absolute atomic E-state index is 12.5. The summed E-state index contributed by atoms with van der Waals surface area (Å²) in [6, 6.07) is 11.4. The predicted molar refractivity (Wildman–Crippen MR) is 79.9 cm³/mol. The van der Waals surface area contributed by atoms with Crippen molar-refractivity contribution < 1.29 is 18.0 Å². The summed E-state index contributed by atoms with van der Waals surface area (Å²) in [5.74, 6) is -0.163. The number of alkyl halides is 3. The van der Waals surface area contributed by atoms with Crippen LogP contribution in [-0.4, -0.2) is 5.78 Å². The van der Waals surface area contributed by atoms with Crippen LogP contribution in [0.2, 0.25) is 0 Å². The standard InChI is InChI=1S/C17H13F3N2O/c1-11(23)15-7-4-13(9-21)8-16(15)22-10-12-2-5-14(6-3-12)17(18,19)20/h2-8,22H,10H2,1H3. The smallest absolute Gasteiger partial charge is 0.380 e. The van der Waals surface area contributed by atoms with Crippen LogP contribution in [0, 0.1) is 11.3 Å². The molecule has 0 spiro atoms. The zero-order chi connectivity index (χ0) is 17.0. The van der Waals surface area contributed by atoms with Crippen molar-refractivity contribution in [3.8, 4) is 6.07 Å². The third kappa shape index (κ3) is 4.10. The molecule has 0 unspecified atom stereocenters. The van der Waals surface area contributed by atoms with Crippen molar-refractivity contribution in [2.75, 3.05) is 5.32 Å². The topological polar surface area (TPSA) is 52.9 Å². The molecule has 0 aliphatic carbocycles. The fraction of sp³-hybridized carbons (Fsp3) is 0.176. The number of anilines is 1. The number of hydrogen-bond acceptors (Lipinski definition) is 3. The van der Waals surface area contributed by atoms with Gasteiger partial charge in [-0.3, -0.25) is 4.79 Å². The number of benzene rings is 2. The number of halogens is 3. The molecule has 6 heteroatoms. The van der Waals surface area contributed by atoms with Crippen molar-refractivity contribution in [1.82, 2.24) is 0 Å². The average molecular weight is 318 g/mol. The lowest BCUT2D eigenvalue weighted by Gasteiger charge is -2.12. The zero-order valence-corrected chi connectivity index (χ0v) is 12.2. The molecule has 118 valence electrons. The van der Waals surface area contributed by atoms with Crippen LogP contribution < -0.4 is 5.32 Å². The van der Waals surface area contributed by atoms with Crippen molar-refractivity contribution in [1.29, 1.82) is 5.26 Å². The first-order chi connectivity index (χ1) is 10.8. The van der Waals surface area contributed by atoms with Crippen LogP contribution >= 0.6 is 0 Å². The minimum Gasteiger partial charge on any atom is -0.380 e. The van der Waals surface area contributed by atoms with E-state index in [2.05, 4.69) is 5.32 Å². The molecule has 0 radical (unpaired) electrons. The Kier molecular flexibility index (Phi) is 4.70. The molecular weight excluding hydrogens is 305 g/mol. The quantitative estimate of drug-likeness (QED) is 0.851. The summed E-state index contributed by atoms with van der Waals surface area (Å²) in [6.07, 6.45) is -4.37. The Morgan fingerprint density at radius 1 is 1.17 bits per heavy atom. The molecule has 0 aromatic heterocycles. The number of nitriles is 1. The number of ketones is 1. The predicted octanol–water partition coefficient (Wildman–Crippen LogP) is 4.39. The maximum Gasteiger partial charge on any atom is 0.416 e. The van der Waals surface area contributed by atoms with E-state index in [0.29, 0.717) is 22.4 Å². The van der Waals surface area contributed by atoms with Crippen molar-refractivity contribution in [2.24, 2.45) is 0 Å². The average Bonchev–Trinajstić information content (AvgIpc) is 2.52. The van der Waals surface area contributed by atoms with Crippen molar-refractivity contribution in [2.45, 2.75) is 19.6 Å². The number of nitrogens with one attached hydrogen (secondary N) is 1. The summed E-state index contributed by atoms with van der Waals surface area (Å²) in [5.41, 5.74) is 1.23. The summed E-state index contributed by atoms with van der Waals surface area (Å²) in [6.45, 7) is 1.65. The zero-order valence-electron chi connectivity index (χ0n) is 12.2. The fourth-order valence-corrected chi connectivity index (χ4v) is 2.08. The second-order valence-corrected chi connectivity index (χ2v) is 4.98. The highest BCUT2D eigenvalue weighted by Gasteiger charge is 2.29. The molecule has 2 aromatic rings. The molecule has 0 heterocycles. The van der Waals surface area contributed by atoms with Gasteiger partial charge in [-0.25, -0.2) is 0 Å². The van der Waals surface area contributed by atoms with Gasteiger partial charge in [-0.1, -0.05) is 12.1 Å². The fourth-order valence-electron chi connectivity index (χ4n) is 2.08. The summed E-state index contributed by atoms with van der Waals surface area (Å²) in [7, 11) is 0. The van der Waals surface area contributed by atoms with Gasteiger partial charge in [0, 0.05) is 17.8 Å². The Morgan fingerprint density at radius 3 is 2.35 bits per heavy atom. The molecule has 0 atom stereocenters. The molecule has 0 fully saturated rings. The van der Waals surface area contributed by atoms with Gasteiger partial charge in [-0.05, 0) is 42.8 Å². The van der Waals surface area contributed by atoms with E-state index in [-0.39, 0.29) is 12.3 Å². The minimum atomic E-state index is -4.37. The number of Topliss-reactive ketones (excluding diaryl/α,β-unsaturated/α-hetero) is 1. The van der Waals surface area contributed by atoms with E-state index in [0.717, 1.165) is 12.1 Å². The first kappa shape index (κ1) is 16.6. The number of carbonyl (C=O) groups is 1. The van der Waals surface area contributed by atoms with E-state index in [1.807, 2.05) is 6.07 Å². The lowest BCUT2D eigenvalue weighted by molar-refractivity contribution is -0.137. The first-order valence-corrected chi connectivity index (χ1v) is 6.76. The molecule has 2 rings (SSSR count). The molecule has 0 amide bonds. The summed E-state index contributed by atoms with van der Waals surface area (Å²) < 4.78 is 37.5. The van der Waals surface area contributed by atoms with Crippen LogP contribution in [0.25, 0.3) is 0 Å². The highest BCUT2D eigenvalue weighted by molar-refractivity contribution is 5.99. The molecule has 3 nitrogen and oxygen atoms in total. The molecule has 1 N–H and O–H groups in total. The minimum absolute atomic E-state index is 0.163. The van der Waals surface area contributed by atoms with Gasteiger partial charge >= 0.3 is 6.18 Å². The summed E-state index contributed by atoms with van der Waals surface area (Å²) in [5, 5.41) is 11.9. The van der Waals surface area contributed by atoms with E-state index >= 15 is 0 Å². The first-order valence-electron chi connectivity index (χ1n) is 6.76. The largest absolute Gasteiger partial charge is 0.416 e. The van der Waals surface area contributed by atoms with Gasteiger partial charge in [-0.15, -0.1) is 0 Å². The van der Waals surface area contributed by atoms with Crippen molar-refractivity contribution in [3.05, 3.63) is 64.7 Å². The van der Waals surface area contributed by atoms with E-state index in [4.69, 9.17) is 5.26 Å². The number of carbonyl (C=O) groups excluding carboxylic acids is 1. The molecule has 0 saturated carbocycles. The van der Waals surface area contributed by atoms with Gasteiger partial charge in [0.2, 0.25) is 0 Å². The molecule has 2 aromatic carbocycles. The van der Waals surface area contributed by atoms with Crippen LogP contribution in [0.15, 0.2) is 42.5 Å². The van der Waals surface area contributed by atoms with Gasteiger partial charge in [-0.2, -0.15) is 18.4 Å². The molecular formula is C17H13F3N2O. The van der Waals surface area contributed by atoms with Crippen LogP contribution in [0.1, 0.15) is 34.0 Å². The Bertz CT molecular complexity index is 759. The van der Waals surface area contributed by atoms with E-state index in [1.54, 1.807) is 18.2 Å². The number of rotatable bonds is 4. The maximum atomic E-state index is 12.5. The van der Waals surface area contributed by atoms with Gasteiger partial charge < -0.3 is 5.32 Å². The lowest BCUT2D eigenvalue weighted by Crippen LogP contribution is -2.07. The Labute approximate surface area is 131 Å². The Hall–Kier alpha value is -2.81. The number of hydrogen-bond donors (Lipinski definition) is 1. The van der Waals surface area contributed by atoms with Crippen LogP contribution in [0.4, 0.5) is 18.9 Å². The molecule has 23 heavy (non-hydrogen) atoms. The Balaban J connectivity index is 2.17. The Morgan fingerprint density at radius 2 is 1.83 bits per heavy atom. The van der Waals surface area contributed by atoms with E-state index < -0.39 is 11.7 Å². The van der Waals surface area contributed by atoms with Gasteiger partial charge in [0.1, 0.15) is 0 Å². The van der Waals surface area contributed by atoms with Crippen LogP contribution in [-0.2, 0) is 12.7 Å². The lowest BCUT2D eigenvalue weighted by atomic mass is 10.1. The monoisotopic (exact) mass is 318 g/mol. The normalized spacial score (nSPS) is 10.9. The molecule has 0 aliphatic heterocycles. The molecule has 0 saturated heterocycles. The van der Waals surface area contributed by atoms with Crippen LogP contribution in [0.3, 0.4) is 0 Å². The van der Waals surface area contributed by atoms with Crippen LogP contribution in [0.5, 0.6) is 0 Å². The van der Waals surface area contributed by atoms with Crippen molar-refractivity contribution in [3.63, 3.8) is 0 Å². The van der Waals surface area contributed by atoms with Gasteiger partial charge in [0.15, 0.2) is 5.78 Å². The number of nitrogens with zero attached hydrogens (tertiary/aromatic N) is 1. The van der Waals surface area contributed by atoms with Gasteiger partial charge in [0.25, 0.3) is 0 Å². The SMILES string of the molecule is CC(=O)c1ccc(C#N)cc1NCc1ccc(C(F)(F)F)cc1. The highest BCUT2D eigenvalue weighted by atomic mass is 19.4. The third-order valence-electron chi connectivity index (χ3n) is 3.29. The van der Waals surface area contributed by atoms with Crippen molar-refractivity contribution >= 4 is 11.5 Å². The summed E-state index contributed by atoms with van der Waals surface area (Å²) >= 11 is 0. The highest BCUT2D eigenvalue weighted by Crippen LogP contribution is 2.29. The second-order valence-electron chi connectivity index (χ2n) is 4.98. The second kappa shape index (κ2) is 6.53. The van der Waals surface area contributed by atoms with Gasteiger partial charge in [0.05, 0.1) is 17.2 Å². The molecule has 0 aliphatic rings. The van der Waals surface area contributed by atoms with E-state index in [9.17, 15) is 18.0 Å². The summed E-state index contributed by atoms with van der Waals surface area (Å²) in [4.78, 5) is 11.6. The van der Waals surface area contributed by atoms with E-state index in [1.165, 1.54) is 19.1 Å². The third-order valence-corrected chi connectivity index (χ3v) is 3.29.